The van der Waals surface area contributed by atoms with Crippen molar-refractivity contribution in [1.82, 2.24) is 4.98 Å². The zero-order chi connectivity index (χ0) is 19.8. The summed E-state index contributed by atoms with van der Waals surface area (Å²) in [6.07, 6.45) is 0. The molecule has 0 amide bonds. The van der Waals surface area contributed by atoms with Gasteiger partial charge in [0.15, 0.2) is 0 Å². The Balaban J connectivity index is 1.96. The molecule has 0 saturated carbocycles. The Morgan fingerprint density at radius 3 is 2.11 bits per heavy atom. The molecule has 2 nitrogen and oxygen atoms in total. The van der Waals surface area contributed by atoms with Gasteiger partial charge in [-0.2, -0.15) is 0 Å². The Kier molecular flexibility index (Phi) is 4.56. The van der Waals surface area contributed by atoms with Crippen molar-refractivity contribution in [2.75, 3.05) is 0 Å². The van der Waals surface area contributed by atoms with Crippen molar-refractivity contribution in [2.45, 2.75) is 27.7 Å². The number of rotatable bonds is 3. The highest BCUT2D eigenvalue weighted by molar-refractivity contribution is 6.13. The summed E-state index contributed by atoms with van der Waals surface area (Å²) in [5.74, 6) is -0.0397. The molecule has 0 aliphatic rings. The maximum absolute atomic E-state index is 13.4. The predicted molar refractivity (Wildman–Crippen MR) is 116 cm³/mol. The van der Waals surface area contributed by atoms with Gasteiger partial charge in [0.05, 0.1) is 5.52 Å². The first kappa shape index (κ1) is 18.1. The number of ketones is 1. The van der Waals surface area contributed by atoms with E-state index in [9.17, 15) is 4.79 Å². The molecule has 0 bridgehead atoms. The first-order valence-electron chi connectivity index (χ1n) is 9.53. The van der Waals surface area contributed by atoms with E-state index in [1.807, 2.05) is 49.4 Å². The number of aryl methyl sites for hydroxylation is 4. The molecule has 1 aromatic heterocycles. The van der Waals surface area contributed by atoms with E-state index >= 15 is 0 Å². The summed E-state index contributed by atoms with van der Waals surface area (Å²) in [6, 6.07) is 22.2. The van der Waals surface area contributed by atoms with Gasteiger partial charge in [-0.25, -0.2) is 4.98 Å². The Bertz CT molecular complexity index is 1220. The van der Waals surface area contributed by atoms with Gasteiger partial charge in [0, 0.05) is 16.5 Å². The van der Waals surface area contributed by atoms with Crippen LogP contribution in [0.2, 0.25) is 0 Å². The van der Waals surface area contributed by atoms with Crippen molar-refractivity contribution in [3.8, 4) is 11.1 Å². The molecular weight excluding hydrogens is 342 g/mol. The molecule has 1 heterocycles. The van der Waals surface area contributed by atoms with E-state index in [1.165, 1.54) is 16.7 Å². The molecule has 4 rings (SSSR count). The zero-order valence-corrected chi connectivity index (χ0v) is 16.7. The molecule has 4 aromatic rings. The average molecular weight is 365 g/mol. The van der Waals surface area contributed by atoms with E-state index in [4.69, 9.17) is 4.98 Å². The molecule has 0 saturated heterocycles. The number of benzene rings is 3. The molecule has 3 aromatic carbocycles. The monoisotopic (exact) mass is 365 g/mol. The minimum Gasteiger partial charge on any atom is -0.287 e. The van der Waals surface area contributed by atoms with Crippen molar-refractivity contribution in [3.63, 3.8) is 0 Å². The van der Waals surface area contributed by atoms with Crippen LogP contribution in [0.25, 0.3) is 22.0 Å². The second-order valence-corrected chi connectivity index (χ2v) is 7.50. The number of hydrogen-bond acceptors (Lipinski definition) is 2. The van der Waals surface area contributed by atoms with Gasteiger partial charge in [-0.3, -0.25) is 4.79 Å². The van der Waals surface area contributed by atoms with E-state index < -0.39 is 0 Å². The van der Waals surface area contributed by atoms with Crippen molar-refractivity contribution in [3.05, 3.63) is 100 Å². The fourth-order valence-electron chi connectivity index (χ4n) is 3.44. The number of para-hydroxylation sites is 1. The molecule has 0 spiro atoms. The highest BCUT2D eigenvalue weighted by atomic mass is 16.1. The van der Waals surface area contributed by atoms with Crippen molar-refractivity contribution < 1.29 is 4.79 Å². The third-order valence-electron chi connectivity index (χ3n) is 5.53. The highest BCUT2D eigenvalue weighted by Gasteiger charge is 2.19. The molecular formula is C26H23NO. The lowest BCUT2D eigenvalue weighted by Crippen LogP contribution is -2.07. The van der Waals surface area contributed by atoms with Gasteiger partial charge in [-0.15, -0.1) is 0 Å². The Morgan fingerprint density at radius 2 is 1.39 bits per heavy atom. The molecule has 0 aliphatic carbocycles. The van der Waals surface area contributed by atoms with Gasteiger partial charge < -0.3 is 0 Å². The number of carbonyl (C=O) groups excluding carboxylic acids is 1. The lowest BCUT2D eigenvalue weighted by atomic mass is 9.94. The number of fused-ring (bicyclic) bond motifs is 1. The fourth-order valence-corrected chi connectivity index (χ4v) is 3.44. The van der Waals surface area contributed by atoms with Crippen LogP contribution in [0.3, 0.4) is 0 Å². The molecule has 2 heteroatoms. The van der Waals surface area contributed by atoms with E-state index in [0.717, 1.165) is 27.6 Å². The zero-order valence-electron chi connectivity index (χ0n) is 16.7. The largest absolute Gasteiger partial charge is 0.287 e. The number of aromatic nitrogens is 1. The number of nitrogens with zero attached hydrogens (tertiary/aromatic N) is 1. The van der Waals surface area contributed by atoms with Crippen LogP contribution in [0.15, 0.2) is 66.7 Å². The van der Waals surface area contributed by atoms with Crippen molar-refractivity contribution in [2.24, 2.45) is 0 Å². The molecule has 0 fully saturated rings. The fraction of sp³-hybridized carbons (Fsp3) is 0.154. The van der Waals surface area contributed by atoms with Gasteiger partial charge >= 0.3 is 0 Å². The highest BCUT2D eigenvalue weighted by Crippen LogP contribution is 2.30. The Hall–Kier alpha value is -3.26. The van der Waals surface area contributed by atoms with E-state index in [2.05, 4.69) is 45.0 Å². The van der Waals surface area contributed by atoms with Gasteiger partial charge in [0.2, 0.25) is 5.78 Å². The average Bonchev–Trinajstić information content (AvgIpc) is 2.70. The van der Waals surface area contributed by atoms with Crippen LogP contribution in [0.1, 0.15) is 38.3 Å². The second kappa shape index (κ2) is 7.05. The third kappa shape index (κ3) is 3.22. The quantitative estimate of drug-likeness (QED) is 0.395. The molecule has 0 aliphatic heterocycles. The predicted octanol–water partition coefficient (Wildman–Crippen LogP) is 6.37. The lowest BCUT2D eigenvalue weighted by Gasteiger charge is -2.13. The topological polar surface area (TPSA) is 30.0 Å². The van der Waals surface area contributed by atoms with Crippen LogP contribution >= 0.6 is 0 Å². The minimum absolute atomic E-state index is 0.0397. The van der Waals surface area contributed by atoms with E-state index in [-0.39, 0.29) is 5.78 Å². The lowest BCUT2D eigenvalue weighted by molar-refractivity contribution is 0.103. The summed E-state index contributed by atoms with van der Waals surface area (Å²) in [5, 5.41) is 1.03. The van der Waals surface area contributed by atoms with E-state index in [0.29, 0.717) is 11.3 Å². The maximum Gasteiger partial charge on any atom is 0.212 e. The number of carbonyl (C=O) groups is 1. The normalized spacial score (nSPS) is 11.0. The second-order valence-electron chi connectivity index (χ2n) is 7.50. The Morgan fingerprint density at radius 1 is 0.714 bits per heavy atom. The first-order chi connectivity index (χ1) is 13.4. The van der Waals surface area contributed by atoms with Gasteiger partial charge in [-0.05, 0) is 73.7 Å². The summed E-state index contributed by atoms with van der Waals surface area (Å²) in [7, 11) is 0. The molecule has 0 N–H and O–H groups in total. The van der Waals surface area contributed by atoms with Gasteiger partial charge in [-0.1, -0.05) is 48.5 Å². The van der Waals surface area contributed by atoms with Crippen LogP contribution in [0.5, 0.6) is 0 Å². The number of pyridine rings is 1. The van der Waals surface area contributed by atoms with Crippen LogP contribution in [0, 0.1) is 27.7 Å². The minimum atomic E-state index is -0.0397. The summed E-state index contributed by atoms with van der Waals surface area (Å²) < 4.78 is 0. The summed E-state index contributed by atoms with van der Waals surface area (Å²) in [5.41, 5.74) is 8.65. The van der Waals surface area contributed by atoms with E-state index in [1.54, 1.807) is 0 Å². The Labute approximate surface area is 165 Å². The molecule has 138 valence electrons. The van der Waals surface area contributed by atoms with Crippen LogP contribution in [-0.4, -0.2) is 10.8 Å². The van der Waals surface area contributed by atoms with Crippen molar-refractivity contribution in [1.29, 1.82) is 0 Å². The SMILES string of the molecule is Cc1ccc(C(=O)c2nc3ccccc3cc2-c2ccc(C)c(C)c2)cc1C. The third-order valence-corrected chi connectivity index (χ3v) is 5.53. The van der Waals surface area contributed by atoms with Crippen LogP contribution in [-0.2, 0) is 0 Å². The molecule has 0 unspecified atom stereocenters. The molecule has 0 radical (unpaired) electrons. The summed E-state index contributed by atoms with van der Waals surface area (Å²) in [4.78, 5) is 18.2. The number of hydrogen-bond donors (Lipinski definition) is 0. The summed E-state index contributed by atoms with van der Waals surface area (Å²) in [6.45, 7) is 8.28. The first-order valence-corrected chi connectivity index (χ1v) is 9.53. The summed E-state index contributed by atoms with van der Waals surface area (Å²) >= 11 is 0. The molecule has 0 atom stereocenters. The van der Waals surface area contributed by atoms with Crippen LogP contribution < -0.4 is 0 Å². The van der Waals surface area contributed by atoms with Crippen LogP contribution in [0.4, 0.5) is 0 Å². The molecule has 28 heavy (non-hydrogen) atoms. The maximum atomic E-state index is 13.4. The van der Waals surface area contributed by atoms with Gasteiger partial charge in [0.25, 0.3) is 0 Å². The smallest absolute Gasteiger partial charge is 0.212 e. The van der Waals surface area contributed by atoms with Gasteiger partial charge in [0.1, 0.15) is 5.69 Å². The standard InChI is InChI=1S/C26H23NO/c1-16-9-11-20(13-18(16)3)23-15-21-7-5-6-8-24(21)27-25(23)26(28)22-12-10-17(2)19(4)14-22/h5-15H,1-4H3. The van der Waals surface area contributed by atoms with Crippen molar-refractivity contribution >= 4 is 16.7 Å².